The number of hydrogen-bond donors (Lipinski definition) is 1. The largest absolute Gasteiger partial charge is 0.396 e. The van der Waals surface area contributed by atoms with Gasteiger partial charge in [0, 0.05) is 6.61 Å². The Morgan fingerprint density at radius 3 is 2.45 bits per heavy atom. The van der Waals surface area contributed by atoms with Crippen LogP contribution in [-0.2, 0) is 0 Å². The zero-order chi connectivity index (χ0) is 8.06. The Morgan fingerprint density at radius 2 is 2.09 bits per heavy atom. The van der Waals surface area contributed by atoms with Gasteiger partial charge in [-0.1, -0.05) is 13.8 Å². The molecular weight excluding hydrogens is 136 g/mol. The first-order valence-electron chi connectivity index (χ1n) is 4.77. The number of hydrogen-bond acceptors (Lipinski definition) is 1. The quantitative estimate of drug-likeness (QED) is 0.613. The van der Waals surface area contributed by atoms with Crippen LogP contribution in [-0.4, -0.2) is 11.7 Å². The van der Waals surface area contributed by atoms with Gasteiger partial charge in [0.25, 0.3) is 0 Å². The molecule has 2 saturated carbocycles. The van der Waals surface area contributed by atoms with E-state index in [1.807, 2.05) is 0 Å². The lowest BCUT2D eigenvalue weighted by atomic mass is 9.69. The fourth-order valence-electron chi connectivity index (χ4n) is 3.35. The van der Waals surface area contributed by atoms with Crippen molar-refractivity contribution in [3.63, 3.8) is 0 Å². The SMILES string of the molecule is CC1(C)[C@@H]2CC[C@H](C2)[C@@H]1CO. The number of aliphatic hydroxyl groups excluding tert-OH is 1. The molecular formula is C10H18O. The van der Waals surface area contributed by atoms with Crippen LogP contribution in [0.25, 0.3) is 0 Å². The summed E-state index contributed by atoms with van der Waals surface area (Å²) in [5, 5.41) is 9.22. The Kier molecular flexibility index (Phi) is 1.54. The lowest BCUT2D eigenvalue weighted by molar-refractivity contribution is 0.0638. The summed E-state index contributed by atoms with van der Waals surface area (Å²) < 4.78 is 0. The molecule has 0 heterocycles. The Morgan fingerprint density at radius 1 is 1.36 bits per heavy atom. The minimum absolute atomic E-state index is 0.411. The highest BCUT2D eigenvalue weighted by Crippen LogP contribution is 2.58. The molecule has 0 saturated heterocycles. The summed E-state index contributed by atoms with van der Waals surface area (Å²) in [6, 6.07) is 0. The molecule has 2 aliphatic rings. The normalized spacial score (nSPS) is 46.6. The molecule has 1 nitrogen and oxygen atoms in total. The second kappa shape index (κ2) is 2.22. The molecule has 2 aliphatic carbocycles. The third-order valence-corrected chi connectivity index (χ3v) is 4.25. The summed E-state index contributed by atoms with van der Waals surface area (Å²) in [5.41, 5.74) is 0.428. The third kappa shape index (κ3) is 0.868. The minimum Gasteiger partial charge on any atom is -0.396 e. The maximum absolute atomic E-state index is 9.22. The summed E-state index contributed by atoms with van der Waals surface area (Å²) in [5.74, 6) is 2.35. The van der Waals surface area contributed by atoms with Gasteiger partial charge in [-0.05, 0) is 42.4 Å². The second-order valence-corrected chi connectivity index (χ2v) is 4.88. The first-order chi connectivity index (χ1) is 5.16. The van der Waals surface area contributed by atoms with Crippen molar-refractivity contribution < 1.29 is 5.11 Å². The molecule has 0 radical (unpaired) electrons. The topological polar surface area (TPSA) is 20.2 Å². The second-order valence-electron chi connectivity index (χ2n) is 4.88. The Labute approximate surface area is 68.8 Å². The molecule has 0 spiro atoms. The fraction of sp³-hybridized carbons (Fsp3) is 1.00. The smallest absolute Gasteiger partial charge is 0.0467 e. The van der Waals surface area contributed by atoms with Crippen molar-refractivity contribution in [3.8, 4) is 0 Å². The van der Waals surface area contributed by atoms with Crippen molar-refractivity contribution in [3.05, 3.63) is 0 Å². The van der Waals surface area contributed by atoms with Crippen LogP contribution in [0.15, 0.2) is 0 Å². The van der Waals surface area contributed by atoms with E-state index in [0.717, 1.165) is 11.8 Å². The van der Waals surface area contributed by atoms with Gasteiger partial charge >= 0.3 is 0 Å². The van der Waals surface area contributed by atoms with Crippen LogP contribution < -0.4 is 0 Å². The van der Waals surface area contributed by atoms with Gasteiger partial charge < -0.3 is 5.11 Å². The third-order valence-electron chi connectivity index (χ3n) is 4.25. The van der Waals surface area contributed by atoms with E-state index in [4.69, 9.17) is 0 Å². The van der Waals surface area contributed by atoms with Crippen LogP contribution in [0.2, 0.25) is 0 Å². The molecule has 1 heteroatoms. The summed E-state index contributed by atoms with van der Waals surface area (Å²) in [4.78, 5) is 0. The van der Waals surface area contributed by atoms with Crippen molar-refractivity contribution >= 4 is 0 Å². The monoisotopic (exact) mass is 154 g/mol. The molecule has 0 aliphatic heterocycles. The van der Waals surface area contributed by atoms with E-state index in [0.29, 0.717) is 17.9 Å². The van der Waals surface area contributed by atoms with Gasteiger partial charge in [-0.3, -0.25) is 0 Å². The molecule has 3 atom stereocenters. The van der Waals surface area contributed by atoms with Gasteiger partial charge in [0.05, 0.1) is 0 Å². The van der Waals surface area contributed by atoms with E-state index < -0.39 is 0 Å². The highest BCUT2D eigenvalue weighted by Gasteiger charge is 2.51. The highest BCUT2D eigenvalue weighted by molar-refractivity contribution is 5.01. The van der Waals surface area contributed by atoms with Crippen molar-refractivity contribution in [2.24, 2.45) is 23.2 Å². The molecule has 11 heavy (non-hydrogen) atoms. The predicted molar refractivity (Wildman–Crippen MR) is 45.2 cm³/mol. The van der Waals surface area contributed by atoms with E-state index in [9.17, 15) is 5.11 Å². The van der Waals surface area contributed by atoms with Crippen molar-refractivity contribution in [1.82, 2.24) is 0 Å². The van der Waals surface area contributed by atoms with Crippen molar-refractivity contribution in [2.45, 2.75) is 33.1 Å². The molecule has 64 valence electrons. The lowest BCUT2D eigenvalue weighted by Crippen LogP contribution is -2.32. The first kappa shape index (κ1) is 7.60. The Hall–Kier alpha value is -0.0400. The minimum atomic E-state index is 0.411. The van der Waals surface area contributed by atoms with Crippen molar-refractivity contribution in [1.29, 1.82) is 0 Å². The molecule has 0 aromatic carbocycles. The molecule has 2 rings (SSSR count). The van der Waals surface area contributed by atoms with E-state index in [1.165, 1.54) is 19.3 Å². The van der Waals surface area contributed by atoms with E-state index in [-0.39, 0.29) is 0 Å². The van der Waals surface area contributed by atoms with Crippen LogP contribution in [0, 0.1) is 23.2 Å². The van der Waals surface area contributed by atoms with Gasteiger partial charge in [0.2, 0.25) is 0 Å². The summed E-state index contributed by atoms with van der Waals surface area (Å²) in [6.07, 6.45) is 4.17. The summed E-state index contributed by atoms with van der Waals surface area (Å²) in [6.45, 7) is 5.07. The van der Waals surface area contributed by atoms with Crippen LogP contribution >= 0.6 is 0 Å². The molecule has 0 unspecified atom stereocenters. The lowest BCUT2D eigenvalue weighted by Gasteiger charge is -2.37. The average molecular weight is 154 g/mol. The highest BCUT2D eigenvalue weighted by atomic mass is 16.3. The zero-order valence-electron chi connectivity index (χ0n) is 7.51. The van der Waals surface area contributed by atoms with Gasteiger partial charge in [0.1, 0.15) is 0 Å². The molecule has 2 fully saturated rings. The maximum Gasteiger partial charge on any atom is 0.0467 e. The molecule has 2 bridgehead atoms. The summed E-state index contributed by atoms with van der Waals surface area (Å²) in [7, 11) is 0. The van der Waals surface area contributed by atoms with E-state index >= 15 is 0 Å². The van der Waals surface area contributed by atoms with Crippen LogP contribution in [0.3, 0.4) is 0 Å². The standard InChI is InChI=1S/C10H18O/c1-10(2)8-4-3-7(5-8)9(10)6-11/h7-9,11H,3-6H2,1-2H3/t7-,8-,9+/m1/s1. The zero-order valence-corrected chi connectivity index (χ0v) is 7.51. The number of fused-ring (bicyclic) bond motifs is 2. The first-order valence-corrected chi connectivity index (χ1v) is 4.77. The van der Waals surface area contributed by atoms with Crippen LogP contribution in [0.5, 0.6) is 0 Å². The predicted octanol–water partition coefficient (Wildman–Crippen LogP) is 2.05. The molecule has 1 N–H and O–H groups in total. The number of rotatable bonds is 1. The van der Waals surface area contributed by atoms with Crippen molar-refractivity contribution in [2.75, 3.05) is 6.61 Å². The molecule has 0 amide bonds. The van der Waals surface area contributed by atoms with Gasteiger partial charge in [-0.2, -0.15) is 0 Å². The van der Waals surface area contributed by atoms with Gasteiger partial charge in [-0.25, -0.2) is 0 Å². The Bertz CT molecular complexity index is 162. The van der Waals surface area contributed by atoms with E-state index in [1.54, 1.807) is 0 Å². The molecule has 0 aromatic rings. The summed E-state index contributed by atoms with van der Waals surface area (Å²) >= 11 is 0. The Balaban J connectivity index is 2.21. The van der Waals surface area contributed by atoms with Gasteiger partial charge in [0.15, 0.2) is 0 Å². The van der Waals surface area contributed by atoms with Crippen LogP contribution in [0.1, 0.15) is 33.1 Å². The number of aliphatic hydroxyl groups is 1. The molecule has 0 aromatic heterocycles. The average Bonchev–Trinajstić information content (AvgIpc) is 2.44. The van der Waals surface area contributed by atoms with E-state index in [2.05, 4.69) is 13.8 Å². The fourth-order valence-corrected chi connectivity index (χ4v) is 3.35. The van der Waals surface area contributed by atoms with Crippen LogP contribution in [0.4, 0.5) is 0 Å². The maximum atomic E-state index is 9.22. The van der Waals surface area contributed by atoms with Gasteiger partial charge in [-0.15, -0.1) is 0 Å².